The van der Waals surface area contributed by atoms with Gasteiger partial charge in [-0.15, -0.1) is 0 Å². The fourth-order valence-corrected chi connectivity index (χ4v) is 5.31. The molecule has 2 aromatic carbocycles. The van der Waals surface area contributed by atoms with Gasteiger partial charge in [0, 0.05) is 40.7 Å². The molecule has 2 heterocycles. The van der Waals surface area contributed by atoms with E-state index in [0.717, 1.165) is 13.0 Å². The van der Waals surface area contributed by atoms with E-state index in [4.69, 9.17) is 0 Å². The third-order valence-electron chi connectivity index (χ3n) is 6.61. The molecule has 0 unspecified atom stereocenters. The first-order valence-electron chi connectivity index (χ1n) is 10.8. The highest BCUT2D eigenvalue weighted by molar-refractivity contribution is 6.09. The number of rotatable bonds is 5. The van der Waals surface area contributed by atoms with Crippen molar-refractivity contribution in [1.82, 2.24) is 9.63 Å². The monoisotopic (exact) mass is 378 g/mol. The molecule has 1 aliphatic rings. The van der Waals surface area contributed by atoms with Gasteiger partial charge in [-0.05, 0) is 51.0 Å². The molecule has 3 heteroatoms. The first kappa shape index (κ1) is 19.5. The van der Waals surface area contributed by atoms with E-state index in [2.05, 4.69) is 75.6 Å². The van der Waals surface area contributed by atoms with E-state index in [9.17, 15) is 5.21 Å². The number of benzene rings is 2. The number of aryl methyl sites for hydroxylation is 1. The van der Waals surface area contributed by atoms with Crippen LogP contribution in [0.25, 0.3) is 21.7 Å². The number of hydrogen-bond donors (Lipinski definition) is 1. The van der Waals surface area contributed by atoms with E-state index in [1.165, 1.54) is 58.6 Å². The highest BCUT2D eigenvalue weighted by Crippen LogP contribution is 2.47. The van der Waals surface area contributed by atoms with Gasteiger partial charge < -0.3 is 9.77 Å². The van der Waals surface area contributed by atoms with E-state index < -0.39 is 5.54 Å². The maximum Gasteiger partial charge on any atom is 0.0682 e. The Hall–Kier alpha value is -1.84. The fourth-order valence-electron chi connectivity index (χ4n) is 5.31. The predicted molar refractivity (Wildman–Crippen MR) is 118 cm³/mol. The zero-order valence-electron chi connectivity index (χ0n) is 18.0. The van der Waals surface area contributed by atoms with Crippen molar-refractivity contribution >= 4 is 21.7 Å². The van der Waals surface area contributed by atoms with Gasteiger partial charge >= 0.3 is 0 Å². The van der Waals surface area contributed by atoms with Gasteiger partial charge in [-0.25, -0.2) is 0 Å². The quantitative estimate of drug-likeness (QED) is 0.504. The SMILES string of the molecule is CCCCCCn1c2c(c3c4ccccc4ccc31)C(C)(C)N(O)C(C)(C)C2. The van der Waals surface area contributed by atoms with Crippen molar-refractivity contribution in [3.63, 3.8) is 0 Å². The number of fused-ring (bicyclic) bond motifs is 5. The molecule has 0 saturated heterocycles. The summed E-state index contributed by atoms with van der Waals surface area (Å²) >= 11 is 0. The Labute approximate surface area is 168 Å². The maximum absolute atomic E-state index is 11.1. The highest BCUT2D eigenvalue weighted by atomic mass is 16.5. The molecule has 4 rings (SSSR count). The average molecular weight is 379 g/mol. The van der Waals surface area contributed by atoms with Crippen LogP contribution in [0, 0.1) is 0 Å². The molecule has 1 aromatic heterocycles. The topological polar surface area (TPSA) is 28.4 Å². The number of hydroxylamine groups is 2. The number of hydrogen-bond acceptors (Lipinski definition) is 2. The summed E-state index contributed by atoms with van der Waals surface area (Å²) in [6.45, 7) is 11.9. The average Bonchev–Trinajstić information content (AvgIpc) is 2.97. The second-order valence-electron chi connectivity index (χ2n) is 9.57. The summed E-state index contributed by atoms with van der Waals surface area (Å²) in [6, 6.07) is 13.2. The molecule has 0 fully saturated rings. The Morgan fingerprint density at radius 3 is 2.46 bits per heavy atom. The molecule has 3 aromatic rings. The minimum atomic E-state index is -0.436. The summed E-state index contributed by atoms with van der Waals surface area (Å²) in [7, 11) is 0. The largest absolute Gasteiger partial charge is 0.344 e. The molecule has 150 valence electrons. The van der Waals surface area contributed by atoms with Crippen molar-refractivity contribution < 1.29 is 5.21 Å². The summed E-state index contributed by atoms with van der Waals surface area (Å²) in [5.41, 5.74) is 3.30. The van der Waals surface area contributed by atoms with Crippen LogP contribution < -0.4 is 0 Å². The molecule has 0 amide bonds. The van der Waals surface area contributed by atoms with Crippen LogP contribution in [0.2, 0.25) is 0 Å². The normalized spacial score (nSPS) is 18.6. The molecule has 0 spiro atoms. The van der Waals surface area contributed by atoms with E-state index in [0.29, 0.717) is 0 Å². The Balaban J connectivity index is 2.00. The lowest BCUT2D eigenvalue weighted by atomic mass is 9.78. The summed E-state index contributed by atoms with van der Waals surface area (Å²) in [6.07, 6.45) is 5.90. The van der Waals surface area contributed by atoms with E-state index in [-0.39, 0.29) is 5.54 Å². The summed E-state index contributed by atoms with van der Waals surface area (Å²) in [4.78, 5) is 0. The van der Waals surface area contributed by atoms with Crippen LogP contribution in [-0.4, -0.2) is 20.4 Å². The van der Waals surface area contributed by atoms with Crippen LogP contribution in [0.3, 0.4) is 0 Å². The van der Waals surface area contributed by atoms with Crippen LogP contribution in [0.4, 0.5) is 0 Å². The van der Waals surface area contributed by atoms with E-state index >= 15 is 0 Å². The fraction of sp³-hybridized carbons (Fsp3) is 0.520. The van der Waals surface area contributed by atoms with Crippen molar-refractivity contribution in [2.75, 3.05) is 0 Å². The second kappa shape index (κ2) is 6.89. The Morgan fingerprint density at radius 1 is 0.964 bits per heavy atom. The molecule has 28 heavy (non-hydrogen) atoms. The third kappa shape index (κ3) is 2.87. The van der Waals surface area contributed by atoms with Gasteiger partial charge in [0.2, 0.25) is 0 Å². The van der Waals surface area contributed by atoms with Crippen LogP contribution in [-0.2, 0) is 18.5 Å². The van der Waals surface area contributed by atoms with Gasteiger partial charge in [0.1, 0.15) is 0 Å². The molecule has 3 nitrogen and oxygen atoms in total. The molecule has 0 saturated carbocycles. The van der Waals surface area contributed by atoms with Crippen molar-refractivity contribution in [2.24, 2.45) is 0 Å². The van der Waals surface area contributed by atoms with Crippen LogP contribution in [0.5, 0.6) is 0 Å². The van der Waals surface area contributed by atoms with Gasteiger partial charge in [-0.1, -0.05) is 56.5 Å². The van der Waals surface area contributed by atoms with Crippen molar-refractivity contribution in [2.45, 2.75) is 84.3 Å². The minimum Gasteiger partial charge on any atom is -0.344 e. The Bertz CT molecular complexity index is 1010. The molecule has 1 aliphatic heterocycles. The number of nitrogens with zero attached hydrogens (tertiary/aromatic N) is 2. The molecule has 0 aliphatic carbocycles. The zero-order valence-corrected chi connectivity index (χ0v) is 18.0. The molecular formula is C25H34N2O. The first-order valence-corrected chi connectivity index (χ1v) is 10.8. The van der Waals surface area contributed by atoms with Crippen molar-refractivity contribution in [3.05, 3.63) is 47.7 Å². The van der Waals surface area contributed by atoms with Crippen molar-refractivity contribution in [3.8, 4) is 0 Å². The lowest BCUT2D eigenvalue weighted by Crippen LogP contribution is -2.56. The van der Waals surface area contributed by atoms with Crippen LogP contribution in [0.1, 0.15) is 71.6 Å². The van der Waals surface area contributed by atoms with Gasteiger partial charge in [0.15, 0.2) is 0 Å². The summed E-state index contributed by atoms with van der Waals surface area (Å²) < 4.78 is 2.56. The molecule has 1 N–H and O–H groups in total. The van der Waals surface area contributed by atoms with Gasteiger partial charge in [0.25, 0.3) is 0 Å². The van der Waals surface area contributed by atoms with Crippen LogP contribution in [0.15, 0.2) is 36.4 Å². The molecular weight excluding hydrogens is 344 g/mol. The Kier molecular flexibility index (Phi) is 4.79. The summed E-state index contributed by atoms with van der Waals surface area (Å²) in [5.74, 6) is 0. The predicted octanol–water partition coefficient (Wildman–Crippen LogP) is 6.64. The van der Waals surface area contributed by atoms with E-state index in [1.54, 1.807) is 5.06 Å². The lowest BCUT2D eigenvalue weighted by Gasteiger charge is -2.49. The highest BCUT2D eigenvalue weighted by Gasteiger charge is 2.47. The number of aromatic nitrogens is 1. The maximum atomic E-state index is 11.1. The van der Waals surface area contributed by atoms with Crippen LogP contribution >= 0.6 is 0 Å². The van der Waals surface area contributed by atoms with Gasteiger partial charge in [0.05, 0.1) is 5.54 Å². The third-order valence-corrected chi connectivity index (χ3v) is 6.61. The lowest BCUT2D eigenvalue weighted by molar-refractivity contribution is -0.233. The smallest absolute Gasteiger partial charge is 0.0682 e. The van der Waals surface area contributed by atoms with Gasteiger partial charge in [-0.2, -0.15) is 5.06 Å². The molecule has 0 atom stereocenters. The van der Waals surface area contributed by atoms with Gasteiger partial charge in [-0.3, -0.25) is 0 Å². The summed E-state index contributed by atoms with van der Waals surface area (Å²) in [5, 5.41) is 16.6. The second-order valence-corrected chi connectivity index (χ2v) is 9.57. The molecule has 0 bridgehead atoms. The zero-order chi connectivity index (χ0) is 20.1. The molecule has 0 radical (unpaired) electrons. The first-order chi connectivity index (χ1) is 13.3. The number of unbranched alkanes of at least 4 members (excludes halogenated alkanes) is 3. The minimum absolute atomic E-state index is 0.290. The van der Waals surface area contributed by atoms with Crippen molar-refractivity contribution in [1.29, 1.82) is 0 Å². The van der Waals surface area contributed by atoms with E-state index in [1.807, 2.05) is 0 Å². The standard InChI is InChI=1S/C25H34N2O/c1-6-7-8-11-16-26-20-15-14-18-12-9-10-13-19(18)22(20)23-21(26)17-24(2,3)27(28)25(23,4)5/h9-10,12-15,28H,6-8,11,16-17H2,1-5H3. The Morgan fingerprint density at radius 2 is 1.71 bits per heavy atom.